The second-order valence-electron chi connectivity index (χ2n) is 8.17. The highest BCUT2D eigenvalue weighted by molar-refractivity contribution is 5.87. The Balaban J connectivity index is 2.31. The van der Waals surface area contributed by atoms with Crippen molar-refractivity contribution < 1.29 is 9.53 Å². The molecule has 2 aliphatic rings. The van der Waals surface area contributed by atoms with Crippen LogP contribution in [0.15, 0.2) is 25.3 Å². The van der Waals surface area contributed by atoms with Gasteiger partial charge in [0.1, 0.15) is 5.72 Å². The molecule has 0 aromatic rings. The van der Waals surface area contributed by atoms with Gasteiger partial charge in [0.2, 0.25) is 5.91 Å². The fraction of sp³-hybridized carbons (Fsp3) is 0.737. The normalized spacial score (nSPS) is 34.8. The van der Waals surface area contributed by atoms with Gasteiger partial charge in [-0.15, -0.1) is 13.2 Å². The fourth-order valence-electron chi connectivity index (χ4n) is 4.14. The third kappa shape index (κ3) is 2.76. The van der Waals surface area contributed by atoms with E-state index in [4.69, 9.17) is 4.74 Å². The first kappa shape index (κ1) is 17.3. The van der Waals surface area contributed by atoms with Crippen LogP contribution in [0.3, 0.4) is 0 Å². The van der Waals surface area contributed by atoms with E-state index in [1.807, 2.05) is 17.1 Å². The minimum Gasteiger partial charge on any atom is -0.354 e. The molecule has 0 aromatic heterocycles. The zero-order chi connectivity index (χ0) is 16.6. The second-order valence-corrected chi connectivity index (χ2v) is 8.17. The smallest absolute Gasteiger partial charge is 0.231 e. The van der Waals surface area contributed by atoms with Crippen LogP contribution in [-0.2, 0) is 9.53 Å². The molecule has 3 nitrogen and oxygen atoms in total. The van der Waals surface area contributed by atoms with Gasteiger partial charge >= 0.3 is 0 Å². The zero-order valence-electron chi connectivity index (χ0n) is 14.7. The lowest BCUT2D eigenvalue weighted by molar-refractivity contribution is -0.143. The zero-order valence-corrected chi connectivity index (χ0v) is 14.7. The summed E-state index contributed by atoms with van der Waals surface area (Å²) in [7, 11) is 0. The molecule has 2 saturated heterocycles. The van der Waals surface area contributed by atoms with Crippen molar-refractivity contribution in [2.75, 3.05) is 6.61 Å². The van der Waals surface area contributed by atoms with Gasteiger partial charge in [0, 0.05) is 6.42 Å². The van der Waals surface area contributed by atoms with Gasteiger partial charge < -0.3 is 9.64 Å². The summed E-state index contributed by atoms with van der Waals surface area (Å²) in [6.07, 6.45) is 8.15. The Morgan fingerprint density at radius 3 is 2.59 bits per heavy atom. The first-order valence-corrected chi connectivity index (χ1v) is 8.40. The molecule has 0 aliphatic carbocycles. The minimum absolute atomic E-state index is 0.0266. The molecular formula is C19H31NO2. The number of amides is 1. The molecule has 3 heteroatoms. The molecule has 2 fully saturated rings. The summed E-state index contributed by atoms with van der Waals surface area (Å²) in [6.45, 7) is 16.9. The highest BCUT2D eigenvalue weighted by Gasteiger charge is 2.63. The molecule has 0 bridgehead atoms. The number of carbonyl (C=O) groups excluding carboxylic acids is 1. The average Bonchev–Trinajstić information content (AvgIpc) is 2.83. The Bertz CT molecular complexity index is 465. The van der Waals surface area contributed by atoms with E-state index in [1.54, 1.807) is 0 Å². The van der Waals surface area contributed by atoms with Gasteiger partial charge in [0.15, 0.2) is 0 Å². The summed E-state index contributed by atoms with van der Waals surface area (Å²) < 4.78 is 6.13. The number of fused-ring (bicyclic) bond motifs is 1. The van der Waals surface area contributed by atoms with Crippen LogP contribution in [0.4, 0.5) is 0 Å². The van der Waals surface area contributed by atoms with Crippen LogP contribution >= 0.6 is 0 Å². The van der Waals surface area contributed by atoms with Gasteiger partial charge in [0.05, 0.1) is 18.1 Å². The predicted octanol–water partition coefficient (Wildman–Crippen LogP) is 4.30. The lowest BCUT2D eigenvalue weighted by atomic mass is 9.76. The van der Waals surface area contributed by atoms with Gasteiger partial charge in [0.25, 0.3) is 0 Å². The summed E-state index contributed by atoms with van der Waals surface area (Å²) in [6, 6.07) is 0.149. The van der Waals surface area contributed by atoms with E-state index in [0.717, 1.165) is 32.1 Å². The number of rotatable bonds is 6. The highest BCUT2D eigenvalue weighted by Crippen LogP contribution is 2.54. The summed E-state index contributed by atoms with van der Waals surface area (Å²) in [5.74, 6) is 0.261. The summed E-state index contributed by atoms with van der Waals surface area (Å²) in [5.41, 5.74) is -0.769. The van der Waals surface area contributed by atoms with Gasteiger partial charge in [-0.3, -0.25) is 4.79 Å². The van der Waals surface area contributed by atoms with Crippen molar-refractivity contribution in [3.8, 4) is 0 Å². The van der Waals surface area contributed by atoms with Crippen molar-refractivity contribution >= 4 is 5.91 Å². The predicted molar refractivity (Wildman–Crippen MR) is 90.4 cm³/mol. The van der Waals surface area contributed by atoms with E-state index in [-0.39, 0.29) is 22.8 Å². The summed E-state index contributed by atoms with van der Waals surface area (Å²) >= 11 is 0. The molecule has 0 aromatic carbocycles. The maximum Gasteiger partial charge on any atom is 0.231 e. The monoisotopic (exact) mass is 305 g/mol. The SMILES string of the molecule is C=CCCC[C@]1(CC=C)C[C@@]2(C)OC[C@H](C(C)(C)C)N2C1=O. The molecule has 2 heterocycles. The lowest BCUT2D eigenvalue weighted by Gasteiger charge is -2.36. The van der Waals surface area contributed by atoms with Crippen molar-refractivity contribution in [1.29, 1.82) is 0 Å². The van der Waals surface area contributed by atoms with Crippen LogP contribution in [0, 0.1) is 10.8 Å². The number of nitrogens with zero attached hydrogens (tertiary/aromatic N) is 1. The maximum atomic E-state index is 13.3. The Kier molecular flexibility index (Phi) is 4.59. The van der Waals surface area contributed by atoms with Crippen LogP contribution in [0.25, 0.3) is 0 Å². The number of hydrogen-bond acceptors (Lipinski definition) is 2. The van der Waals surface area contributed by atoms with Gasteiger partial charge in [-0.05, 0) is 38.0 Å². The van der Waals surface area contributed by atoms with E-state index in [1.165, 1.54) is 0 Å². The molecule has 0 N–H and O–H groups in total. The van der Waals surface area contributed by atoms with E-state index in [0.29, 0.717) is 6.61 Å². The van der Waals surface area contributed by atoms with Crippen LogP contribution < -0.4 is 0 Å². The molecule has 1 amide bonds. The quantitative estimate of drug-likeness (QED) is 0.541. The van der Waals surface area contributed by atoms with E-state index < -0.39 is 5.72 Å². The van der Waals surface area contributed by atoms with Crippen LogP contribution in [0.1, 0.15) is 59.8 Å². The van der Waals surface area contributed by atoms with Gasteiger partial charge in [-0.25, -0.2) is 0 Å². The highest BCUT2D eigenvalue weighted by atomic mass is 16.5. The van der Waals surface area contributed by atoms with Crippen molar-refractivity contribution in [2.45, 2.75) is 71.6 Å². The Labute approximate surface area is 135 Å². The molecule has 2 rings (SSSR count). The van der Waals surface area contributed by atoms with Crippen LogP contribution in [-0.4, -0.2) is 29.2 Å². The Morgan fingerprint density at radius 2 is 2.05 bits per heavy atom. The number of unbranched alkanes of at least 4 members (excludes halogenated alkanes) is 1. The summed E-state index contributed by atoms with van der Waals surface area (Å²) in [5, 5.41) is 0. The van der Waals surface area contributed by atoms with Crippen molar-refractivity contribution in [3.63, 3.8) is 0 Å². The second kappa shape index (κ2) is 5.84. The third-order valence-corrected chi connectivity index (χ3v) is 5.31. The largest absolute Gasteiger partial charge is 0.354 e. The van der Waals surface area contributed by atoms with Crippen molar-refractivity contribution in [3.05, 3.63) is 25.3 Å². The lowest BCUT2D eigenvalue weighted by Crippen LogP contribution is -2.49. The van der Waals surface area contributed by atoms with Crippen molar-refractivity contribution in [2.24, 2.45) is 10.8 Å². The number of hydrogen-bond donors (Lipinski definition) is 0. The van der Waals surface area contributed by atoms with E-state index in [9.17, 15) is 4.79 Å². The molecule has 0 spiro atoms. The topological polar surface area (TPSA) is 29.5 Å². The minimum atomic E-state index is -0.452. The van der Waals surface area contributed by atoms with E-state index >= 15 is 0 Å². The molecule has 3 atom stereocenters. The van der Waals surface area contributed by atoms with Gasteiger partial charge in [-0.2, -0.15) is 0 Å². The van der Waals surface area contributed by atoms with Crippen LogP contribution in [0.2, 0.25) is 0 Å². The standard InChI is InChI=1S/C19H31NO2/c1-7-9-10-12-19(11-8-2)14-18(6)20(16(19)21)15(13-22-18)17(3,4)5/h7-8,15H,1-2,9-14H2,3-6H3/t15-,18-,19-/m1/s1. The van der Waals surface area contributed by atoms with Crippen molar-refractivity contribution in [1.82, 2.24) is 4.90 Å². The Hall–Kier alpha value is -1.09. The molecule has 0 saturated carbocycles. The first-order valence-electron chi connectivity index (χ1n) is 8.40. The molecule has 124 valence electrons. The molecule has 0 unspecified atom stereocenters. The Morgan fingerprint density at radius 1 is 1.36 bits per heavy atom. The molecule has 2 aliphatic heterocycles. The molecular weight excluding hydrogens is 274 g/mol. The average molecular weight is 305 g/mol. The molecule has 0 radical (unpaired) electrons. The number of allylic oxidation sites excluding steroid dienone is 2. The van der Waals surface area contributed by atoms with E-state index in [2.05, 4.69) is 40.9 Å². The third-order valence-electron chi connectivity index (χ3n) is 5.31. The molecule has 22 heavy (non-hydrogen) atoms. The number of ether oxygens (including phenoxy) is 1. The maximum absolute atomic E-state index is 13.3. The van der Waals surface area contributed by atoms with Crippen LogP contribution in [0.5, 0.6) is 0 Å². The fourth-order valence-corrected chi connectivity index (χ4v) is 4.14. The number of carbonyl (C=O) groups is 1. The summed E-state index contributed by atoms with van der Waals surface area (Å²) in [4.78, 5) is 15.4. The first-order chi connectivity index (χ1) is 10.2. The van der Waals surface area contributed by atoms with Gasteiger partial charge in [-0.1, -0.05) is 32.9 Å².